The Hall–Kier alpha value is -0.870. The fourth-order valence-corrected chi connectivity index (χ4v) is 2.83. The number of carbonyl (C=O) groups excluding carboxylic acids is 1. The lowest BCUT2D eigenvalue weighted by atomic mass is 9.98. The van der Waals surface area contributed by atoms with Crippen molar-refractivity contribution in [2.75, 3.05) is 13.1 Å². The van der Waals surface area contributed by atoms with Gasteiger partial charge in [-0.15, -0.1) is 0 Å². The van der Waals surface area contributed by atoms with Crippen molar-refractivity contribution in [2.24, 2.45) is 0 Å². The molecule has 1 amide bonds. The molecule has 0 saturated carbocycles. The molecule has 1 heterocycles. The first-order chi connectivity index (χ1) is 9.36. The molecule has 3 nitrogen and oxygen atoms in total. The Morgan fingerprint density at radius 2 is 1.75 bits per heavy atom. The second kappa shape index (κ2) is 6.27. The number of nitrogens with zero attached hydrogens (tertiary/aromatic N) is 1. The highest BCUT2D eigenvalue weighted by Gasteiger charge is 2.27. The third-order valence-corrected chi connectivity index (χ3v) is 4.41. The quantitative estimate of drug-likeness (QED) is 0.895. The number of rotatable bonds is 2. The summed E-state index contributed by atoms with van der Waals surface area (Å²) in [7, 11) is 0. The van der Waals surface area contributed by atoms with Crippen LogP contribution in [0.5, 0.6) is 0 Å². The first-order valence-corrected chi connectivity index (χ1v) is 7.97. The van der Waals surface area contributed by atoms with Crippen LogP contribution in [0, 0.1) is 0 Å². The molecule has 0 unspecified atom stereocenters. The van der Waals surface area contributed by atoms with Crippen LogP contribution in [-0.4, -0.2) is 35.5 Å². The Morgan fingerprint density at radius 3 is 2.25 bits per heavy atom. The van der Waals surface area contributed by atoms with Crippen LogP contribution >= 0.6 is 15.9 Å². The number of likely N-dealkylation sites (tertiary alicyclic amines) is 1. The van der Waals surface area contributed by atoms with Gasteiger partial charge in [-0.1, -0.05) is 15.9 Å². The van der Waals surface area contributed by atoms with E-state index in [1.165, 1.54) is 0 Å². The van der Waals surface area contributed by atoms with Crippen LogP contribution in [0.2, 0.25) is 0 Å². The summed E-state index contributed by atoms with van der Waals surface area (Å²) in [6.07, 6.45) is 2.05. The largest absolute Gasteiger partial charge is 0.349 e. The van der Waals surface area contributed by atoms with Crippen molar-refractivity contribution >= 4 is 21.8 Å². The molecule has 110 valence electrons. The molecule has 1 saturated heterocycles. The zero-order valence-electron chi connectivity index (χ0n) is 12.4. The summed E-state index contributed by atoms with van der Waals surface area (Å²) in [6, 6.07) is 7.80. The molecule has 4 heteroatoms. The maximum absolute atomic E-state index is 12.2. The molecule has 1 aromatic carbocycles. The van der Waals surface area contributed by atoms with Gasteiger partial charge < -0.3 is 5.32 Å². The predicted molar refractivity (Wildman–Crippen MR) is 86.0 cm³/mol. The summed E-state index contributed by atoms with van der Waals surface area (Å²) in [5, 5.41) is 3.15. The molecular formula is C16H23BrN2O. The van der Waals surface area contributed by atoms with Crippen molar-refractivity contribution in [3.8, 4) is 0 Å². The number of hydrogen-bond donors (Lipinski definition) is 1. The number of benzene rings is 1. The first-order valence-electron chi connectivity index (χ1n) is 7.18. The highest BCUT2D eigenvalue weighted by Crippen LogP contribution is 2.20. The average Bonchev–Trinajstić information content (AvgIpc) is 2.39. The molecule has 0 bridgehead atoms. The lowest BCUT2D eigenvalue weighted by molar-refractivity contribution is 0.0812. The van der Waals surface area contributed by atoms with Crippen LogP contribution in [0.15, 0.2) is 28.7 Å². The minimum atomic E-state index is 0.0340. The van der Waals surface area contributed by atoms with Gasteiger partial charge in [0, 0.05) is 34.7 Å². The average molecular weight is 339 g/mol. The highest BCUT2D eigenvalue weighted by molar-refractivity contribution is 9.10. The normalized spacial score (nSPS) is 18.0. The van der Waals surface area contributed by atoms with E-state index in [1.807, 2.05) is 24.3 Å². The highest BCUT2D eigenvalue weighted by atomic mass is 79.9. The number of carbonyl (C=O) groups is 1. The van der Waals surface area contributed by atoms with E-state index in [0.29, 0.717) is 6.04 Å². The molecule has 1 aromatic rings. The molecule has 1 N–H and O–H groups in total. The molecular weight excluding hydrogens is 316 g/mol. The zero-order valence-corrected chi connectivity index (χ0v) is 14.0. The Morgan fingerprint density at radius 1 is 1.20 bits per heavy atom. The van der Waals surface area contributed by atoms with Crippen molar-refractivity contribution < 1.29 is 4.79 Å². The van der Waals surface area contributed by atoms with E-state index in [4.69, 9.17) is 0 Å². The smallest absolute Gasteiger partial charge is 0.251 e. The maximum atomic E-state index is 12.2. The van der Waals surface area contributed by atoms with Gasteiger partial charge in [-0.3, -0.25) is 9.69 Å². The molecule has 0 spiro atoms. The van der Waals surface area contributed by atoms with Crippen LogP contribution in [0.3, 0.4) is 0 Å². The second-order valence-electron chi connectivity index (χ2n) is 6.41. The van der Waals surface area contributed by atoms with E-state index in [-0.39, 0.29) is 11.4 Å². The monoisotopic (exact) mass is 338 g/mol. The van der Waals surface area contributed by atoms with E-state index < -0.39 is 0 Å². The minimum Gasteiger partial charge on any atom is -0.349 e. The lowest BCUT2D eigenvalue weighted by Gasteiger charge is -2.41. The van der Waals surface area contributed by atoms with E-state index in [2.05, 4.69) is 46.9 Å². The van der Waals surface area contributed by atoms with Gasteiger partial charge in [0.15, 0.2) is 0 Å². The Kier molecular flexibility index (Phi) is 4.86. The van der Waals surface area contributed by atoms with Gasteiger partial charge in [-0.25, -0.2) is 0 Å². The van der Waals surface area contributed by atoms with Crippen LogP contribution in [-0.2, 0) is 0 Å². The first kappa shape index (κ1) is 15.5. The zero-order chi connectivity index (χ0) is 14.8. The maximum Gasteiger partial charge on any atom is 0.251 e. The number of nitrogens with one attached hydrogen (secondary N) is 1. The molecule has 0 radical (unpaired) electrons. The topological polar surface area (TPSA) is 32.3 Å². The standard InChI is InChI=1S/C16H23BrN2O/c1-16(2,3)19-10-8-14(9-11-19)18-15(20)12-4-6-13(17)7-5-12/h4-7,14H,8-11H2,1-3H3,(H,18,20). The fraction of sp³-hybridized carbons (Fsp3) is 0.562. The number of hydrogen-bond acceptors (Lipinski definition) is 2. The Bertz CT molecular complexity index is 456. The molecule has 1 aliphatic heterocycles. The third kappa shape index (κ3) is 4.06. The molecule has 1 fully saturated rings. The molecule has 1 aliphatic rings. The molecule has 0 aromatic heterocycles. The number of halogens is 1. The van der Waals surface area contributed by atoms with E-state index in [1.54, 1.807) is 0 Å². The van der Waals surface area contributed by atoms with Crippen molar-refractivity contribution in [1.29, 1.82) is 0 Å². The SMILES string of the molecule is CC(C)(C)N1CCC(NC(=O)c2ccc(Br)cc2)CC1. The number of amides is 1. The summed E-state index contributed by atoms with van der Waals surface area (Å²) in [4.78, 5) is 14.6. The molecule has 0 aliphatic carbocycles. The van der Waals surface area contributed by atoms with Gasteiger partial charge in [0.1, 0.15) is 0 Å². The van der Waals surface area contributed by atoms with Gasteiger partial charge in [0.2, 0.25) is 0 Å². The third-order valence-electron chi connectivity index (χ3n) is 3.89. The Balaban J connectivity index is 1.86. The van der Waals surface area contributed by atoms with Crippen LogP contribution in [0.4, 0.5) is 0 Å². The van der Waals surface area contributed by atoms with Crippen molar-refractivity contribution in [1.82, 2.24) is 10.2 Å². The van der Waals surface area contributed by atoms with Crippen molar-refractivity contribution in [3.05, 3.63) is 34.3 Å². The molecule has 2 rings (SSSR count). The van der Waals surface area contributed by atoms with Gasteiger partial charge in [0.25, 0.3) is 5.91 Å². The summed E-state index contributed by atoms with van der Waals surface area (Å²) in [5.74, 6) is 0.0340. The lowest BCUT2D eigenvalue weighted by Crippen LogP contribution is -2.50. The summed E-state index contributed by atoms with van der Waals surface area (Å²) in [6.45, 7) is 8.83. The number of piperidine rings is 1. The fourth-order valence-electron chi connectivity index (χ4n) is 2.56. The molecule has 20 heavy (non-hydrogen) atoms. The van der Waals surface area contributed by atoms with Crippen LogP contribution in [0.1, 0.15) is 44.0 Å². The van der Waals surface area contributed by atoms with Gasteiger partial charge in [-0.2, -0.15) is 0 Å². The summed E-state index contributed by atoms with van der Waals surface area (Å²) < 4.78 is 0.993. The van der Waals surface area contributed by atoms with E-state index in [9.17, 15) is 4.79 Å². The van der Waals surface area contributed by atoms with Gasteiger partial charge >= 0.3 is 0 Å². The Labute approximate surface area is 129 Å². The van der Waals surface area contributed by atoms with Crippen LogP contribution < -0.4 is 5.32 Å². The van der Waals surface area contributed by atoms with Crippen molar-refractivity contribution in [3.63, 3.8) is 0 Å². The van der Waals surface area contributed by atoms with E-state index >= 15 is 0 Å². The van der Waals surface area contributed by atoms with E-state index in [0.717, 1.165) is 36.0 Å². The molecule has 0 atom stereocenters. The van der Waals surface area contributed by atoms with Crippen LogP contribution in [0.25, 0.3) is 0 Å². The predicted octanol–water partition coefficient (Wildman–Crippen LogP) is 3.44. The second-order valence-corrected chi connectivity index (χ2v) is 7.33. The van der Waals surface area contributed by atoms with Crippen molar-refractivity contribution in [2.45, 2.75) is 45.2 Å². The van der Waals surface area contributed by atoms with Gasteiger partial charge in [-0.05, 0) is 57.9 Å². The minimum absolute atomic E-state index is 0.0340. The summed E-state index contributed by atoms with van der Waals surface area (Å²) in [5.41, 5.74) is 0.951. The van der Waals surface area contributed by atoms with Gasteiger partial charge in [0.05, 0.1) is 0 Å². The summed E-state index contributed by atoms with van der Waals surface area (Å²) >= 11 is 3.38.